The zero-order chi connectivity index (χ0) is 19.9. The minimum absolute atomic E-state index is 0.0457. The molecule has 2 aromatic rings. The number of carbonyl (C=O) groups excluding carboxylic acids is 2. The van der Waals surface area contributed by atoms with E-state index in [-0.39, 0.29) is 25.2 Å². The molecule has 0 atom stereocenters. The van der Waals surface area contributed by atoms with Crippen LogP contribution in [0.5, 0.6) is 11.5 Å². The van der Waals surface area contributed by atoms with Crippen LogP contribution in [0.15, 0.2) is 42.5 Å². The topological polar surface area (TPSA) is 67.9 Å². The number of rotatable bonds is 8. The summed E-state index contributed by atoms with van der Waals surface area (Å²) in [6.07, 6.45) is 0.913. The van der Waals surface area contributed by atoms with E-state index in [9.17, 15) is 9.59 Å². The average molecular weight is 403 g/mol. The molecule has 28 heavy (non-hydrogen) atoms. The van der Waals surface area contributed by atoms with Crippen LogP contribution < -0.4 is 14.8 Å². The largest absolute Gasteiger partial charge is 0.454 e. The van der Waals surface area contributed by atoms with Gasteiger partial charge in [-0.25, -0.2) is 0 Å². The van der Waals surface area contributed by atoms with Crippen molar-refractivity contribution in [1.82, 2.24) is 10.2 Å². The van der Waals surface area contributed by atoms with Crippen LogP contribution in [-0.4, -0.2) is 36.6 Å². The van der Waals surface area contributed by atoms with Gasteiger partial charge in [0.05, 0.1) is 6.54 Å². The van der Waals surface area contributed by atoms with Crippen molar-refractivity contribution in [1.29, 1.82) is 0 Å². The summed E-state index contributed by atoms with van der Waals surface area (Å²) in [6.45, 7) is 3.02. The maximum Gasteiger partial charge on any atom is 0.239 e. The molecule has 0 radical (unpaired) electrons. The highest BCUT2D eigenvalue weighted by Gasteiger charge is 2.17. The molecule has 0 saturated heterocycles. The molecule has 2 amide bonds. The van der Waals surface area contributed by atoms with Crippen LogP contribution in [-0.2, 0) is 22.6 Å². The van der Waals surface area contributed by atoms with Crippen molar-refractivity contribution < 1.29 is 19.1 Å². The lowest BCUT2D eigenvalue weighted by molar-refractivity contribution is -0.135. The molecule has 3 rings (SSSR count). The Morgan fingerprint density at radius 3 is 2.54 bits per heavy atom. The molecule has 0 spiro atoms. The van der Waals surface area contributed by atoms with Gasteiger partial charge in [0.25, 0.3) is 0 Å². The molecule has 0 aromatic heterocycles. The number of halogens is 1. The van der Waals surface area contributed by atoms with E-state index in [1.165, 1.54) is 0 Å². The first-order chi connectivity index (χ1) is 13.5. The summed E-state index contributed by atoms with van der Waals surface area (Å²) in [5.74, 6) is 1.19. The molecule has 1 aliphatic heterocycles. The number of nitrogens with one attached hydrogen (secondary N) is 1. The van der Waals surface area contributed by atoms with Crippen LogP contribution in [0, 0.1) is 0 Å². The van der Waals surface area contributed by atoms with Crippen molar-refractivity contribution in [3.8, 4) is 11.5 Å². The fourth-order valence-corrected chi connectivity index (χ4v) is 3.04. The summed E-state index contributed by atoms with van der Waals surface area (Å²) in [5.41, 5.74) is 1.95. The quantitative estimate of drug-likeness (QED) is 0.736. The molecule has 0 fully saturated rings. The molecule has 1 heterocycles. The SMILES string of the molecule is CCN(CC(=O)NCc1ccc(Cl)cc1)C(=O)CCc1ccc2c(c1)OCO2. The monoisotopic (exact) mass is 402 g/mol. The van der Waals surface area contributed by atoms with Gasteiger partial charge in [0.1, 0.15) is 0 Å². The molecule has 0 saturated carbocycles. The number of nitrogens with zero attached hydrogens (tertiary/aromatic N) is 1. The summed E-state index contributed by atoms with van der Waals surface area (Å²) >= 11 is 5.85. The van der Waals surface area contributed by atoms with Gasteiger partial charge in [-0.15, -0.1) is 0 Å². The molecule has 7 heteroatoms. The molecule has 0 bridgehead atoms. The van der Waals surface area contributed by atoms with Gasteiger partial charge >= 0.3 is 0 Å². The Kier molecular flexibility index (Phi) is 6.76. The number of likely N-dealkylation sites (N-methyl/N-ethyl adjacent to an activating group) is 1. The van der Waals surface area contributed by atoms with Crippen LogP contribution in [0.2, 0.25) is 5.02 Å². The van der Waals surface area contributed by atoms with Gasteiger partial charge in [0.2, 0.25) is 18.6 Å². The first kappa shape index (κ1) is 20.0. The van der Waals surface area contributed by atoms with Gasteiger partial charge in [-0.1, -0.05) is 29.8 Å². The Hall–Kier alpha value is -2.73. The second kappa shape index (κ2) is 9.46. The highest BCUT2D eigenvalue weighted by Crippen LogP contribution is 2.32. The lowest BCUT2D eigenvalue weighted by Gasteiger charge is -2.20. The Bertz CT molecular complexity index is 839. The van der Waals surface area contributed by atoms with Crippen molar-refractivity contribution in [3.05, 3.63) is 58.6 Å². The van der Waals surface area contributed by atoms with Gasteiger partial charge < -0.3 is 19.7 Å². The van der Waals surface area contributed by atoms with E-state index < -0.39 is 0 Å². The van der Waals surface area contributed by atoms with E-state index in [0.717, 1.165) is 16.9 Å². The highest BCUT2D eigenvalue weighted by atomic mass is 35.5. The Balaban J connectivity index is 1.46. The minimum Gasteiger partial charge on any atom is -0.454 e. The summed E-state index contributed by atoms with van der Waals surface area (Å²) in [6, 6.07) is 12.9. The molecule has 1 aliphatic rings. The van der Waals surface area contributed by atoms with Crippen LogP contribution in [0.4, 0.5) is 0 Å². The number of aryl methyl sites for hydroxylation is 1. The van der Waals surface area contributed by atoms with Crippen LogP contribution in [0.1, 0.15) is 24.5 Å². The molecule has 0 unspecified atom stereocenters. The lowest BCUT2D eigenvalue weighted by Crippen LogP contribution is -2.40. The first-order valence-electron chi connectivity index (χ1n) is 9.22. The molecular weight excluding hydrogens is 380 g/mol. The molecule has 148 valence electrons. The van der Waals surface area contributed by atoms with E-state index in [0.29, 0.717) is 36.7 Å². The summed E-state index contributed by atoms with van der Waals surface area (Å²) in [5, 5.41) is 3.49. The fraction of sp³-hybridized carbons (Fsp3) is 0.333. The van der Waals surface area contributed by atoms with Crippen LogP contribution >= 0.6 is 11.6 Å². The number of carbonyl (C=O) groups is 2. The number of amides is 2. The van der Waals surface area contributed by atoms with E-state index in [1.54, 1.807) is 17.0 Å². The summed E-state index contributed by atoms with van der Waals surface area (Å²) < 4.78 is 10.6. The number of fused-ring (bicyclic) bond motifs is 1. The van der Waals surface area contributed by atoms with E-state index in [2.05, 4.69) is 5.32 Å². The standard InChI is InChI=1S/C21H23ClN2O4/c1-2-24(13-20(25)23-12-16-3-7-17(22)8-4-16)21(26)10-6-15-5-9-18-19(11-15)28-14-27-18/h3-5,7-9,11H,2,6,10,12-14H2,1H3,(H,23,25). The third-order valence-electron chi connectivity index (χ3n) is 4.54. The Morgan fingerprint density at radius 1 is 1.07 bits per heavy atom. The number of hydrogen-bond acceptors (Lipinski definition) is 4. The third kappa shape index (κ3) is 5.39. The zero-order valence-electron chi connectivity index (χ0n) is 15.7. The molecule has 6 nitrogen and oxygen atoms in total. The molecule has 2 aromatic carbocycles. The van der Waals surface area contributed by atoms with Crippen molar-refractivity contribution in [2.75, 3.05) is 19.9 Å². The number of ether oxygens (including phenoxy) is 2. The fourth-order valence-electron chi connectivity index (χ4n) is 2.91. The highest BCUT2D eigenvalue weighted by molar-refractivity contribution is 6.30. The predicted octanol–water partition coefficient (Wildman–Crippen LogP) is 3.17. The third-order valence-corrected chi connectivity index (χ3v) is 4.79. The minimum atomic E-state index is -0.187. The maximum atomic E-state index is 12.5. The van der Waals surface area contributed by atoms with Gasteiger partial charge in [-0.2, -0.15) is 0 Å². The van der Waals surface area contributed by atoms with Crippen molar-refractivity contribution >= 4 is 23.4 Å². The van der Waals surface area contributed by atoms with Gasteiger partial charge in [-0.05, 0) is 48.7 Å². The average Bonchev–Trinajstić information content (AvgIpc) is 3.17. The maximum absolute atomic E-state index is 12.5. The normalized spacial score (nSPS) is 11.9. The smallest absolute Gasteiger partial charge is 0.239 e. The van der Waals surface area contributed by atoms with Crippen molar-refractivity contribution in [3.63, 3.8) is 0 Å². The first-order valence-corrected chi connectivity index (χ1v) is 9.60. The van der Waals surface area contributed by atoms with E-state index in [4.69, 9.17) is 21.1 Å². The lowest BCUT2D eigenvalue weighted by atomic mass is 10.1. The number of hydrogen-bond donors (Lipinski definition) is 1. The van der Waals surface area contributed by atoms with E-state index >= 15 is 0 Å². The second-order valence-corrected chi connectivity index (χ2v) is 6.94. The Labute approximate surface area is 169 Å². The van der Waals surface area contributed by atoms with Crippen LogP contribution in [0.3, 0.4) is 0 Å². The van der Waals surface area contributed by atoms with Gasteiger partial charge in [-0.3, -0.25) is 9.59 Å². The Morgan fingerprint density at radius 2 is 1.79 bits per heavy atom. The van der Waals surface area contributed by atoms with Gasteiger partial charge in [0.15, 0.2) is 11.5 Å². The van der Waals surface area contributed by atoms with Crippen molar-refractivity contribution in [2.24, 2.45) is 0 Å². The summed E-state index contributed by atoms with van der Waals surface area (Å²) in [7, 11) is 0. The van der Waals surface area contributed by atoms with Crippen molar-refractivity contribution in [2.45, 2.75) is 26.3 Å². The zero-order valence-corrected chi connectivity index (χ0v) is 16.5. The van der Waals surface area contributed by atoms with Gasteiger partial charge in [0, 0.05) is 24.5 Å². The molecule has 1 N–H and O–H groups in total. The van der Waals surface area contributed by atoms with Crippen LogP contribution in [0.25, 0.3) is 0 Å². The van der Waals surface area contributed by atoms with E-state index in [1.807, 2.05) is 37.3 Å². The number of benzene rings is 2. The second-order valence-electron chi connectivity index (χ2n) is 6.50. The molecular formula is C21H23ClN2O4. The predicted molar refractivity (Wildman–Crippen MR) is 106 cm³/mol. The summed E-state index contributed by atoms with van der Waals surface area (Å²) in [4.78, 5) is 26.3. The molecule has 0 aliphatic carbocycles.